The van der Waals surface area contributed by atoms with Crippen LogP contribution in [0.5, 0.6) is 0 Å². The van der Waals surface area contributed by atoms with Crippen LogP contribution in [-0.4, -0.2) is 34.7 Å². The van der Waals surface area contributed by atoms with E-state index in [0.717, 1.165) is 11.5 Å². The Morgan fingerprint density at radius 2 is 2.12 bits per heavy atom. The third-order valence-corrected chi connectivity index (χ3v) is 2.80. The number of nitrogens with one attached hydrogen (secondary N) is 1. The van der Waals surface area contributed by atoms with E-state index in [1.807, 2.05) is 20.8 Å². The van der Waals surface area contributed by atoms with E-state index in [1.165, 1.54) is 0 Å². The zero-order valence-electron chi connectivity index (χ0n) is 10.6. The number of hydrogen-bond donors (Lipinski definition) is 2. The first-order valence-corrected chi connectivity index (χ1v) is 6.73. The van der Waals surface area contributed by atoms with Gasteiger partial charge in [0.2, 0.25) is 0 Å². The lowest BCUT2D eigenvalue weighted by Gasteiger charge is -2.21. The Bertz CT molecular complexity index is 204. The SMILES string of the molecule is CCSCC[C@H](CNOC(C)(C)C)C(=O)O. The van der Waals surface area contributed by atoms with Crippen LogP contribution in [0.4, 0.5) is 0 Å². The maximum Gasteiger partial charge on any atom is 0.307 e. The van der Waals surface area contributed by atoms with Crippen molar-refractivity contribution in [2.24, 2.45) is 5.92 Å². The summed E-state index contributed by atoms with van der Waals surface area (Å²) in [7, 11) is 0. The third-order valence-electron chi connectivity index (χ3n) is 1.87. The molecule has 0 aromatic rings. The van der Waals surface area contributed by atoms with Crippen LogP contribution in [0.25, 0.3) is 0 Å². The maximum atomic E-state index is 10.9. The van der Waals surface area contributed by atoms with E-state index < -0.39 is 5.97 Å². The van der Waals surface area contributed by atoms with E-state index in [9.17, 15) is 4.79 Å². The second kappa shape index (κ2) is 7.92. The standard InChI is InChI=1S/C11H23NO3S/c1-5-16-7-6-9(10(13)14)8-12-15-11(2,3)4/h9,12H,5-8H2,1-4H3,(H,13,14)/t9-/m1/s1. The highest BCUT2D eigenvalue weighted by atomic mass is 32.2. The Balaban J connectivity index is 3.81. The molecule has 0 heterocycles. The minimum absolute atomic E-state index is 0.290. The van der Waals surface area contributed by atoms with Crippen molar-refractivity contribution < 1.29 is 14.7 Å². The zero-order valence-corrected chi connectivity index (χ0v) is 11.4. The summed E-state index contributed by atoms with van der Waals surface area (Å²) in [6.45, 7) is 8.19. The molecule has 0 aromatic heterocycles. The molecule has 0 amide bonds. The van der Waals surface area contributed by atoms with Crippen molar-refractivity contribution in [2.75, 3.05) is 18.1 Å². The molecule has 4 nitrogen and oxygen atoms in total. The lowest BCUT2D eigenvalue weighted by molar-refractivity contribution is -0.144. The van der Waals surface area contributed by atoms with Crippen LogP contribution >= 0.6 is 11.8 Å². The number of carboxylic acid groups (broad SMARTS) is 1. The van der Waals surface area contributed by atoms with Crippen molar-refractivity contribution in [2.45, 2.75) is 39.7 Å². The molecule has 5 heteroatoms. The van der Waals surface area contributed by atoms with Crippen molar-refractivity contribution in [3.05, 3.63) is 0 Å². The second-order valence-corrected chi connectivity index (χ2v) is 5.98. The molecule has 0 radical (unpaired) electrons. The number of hydroxylamine groups is 1. The van der Waals surface area contributed by atoms with Gasteiger partial charge in [-0.1, -0.05) is 6.92 Å². The number of thioether (sulfide) groups is 1. The molecule has 2 N–H and O–H groups in total. The zero-order chi connectivity index (χ0) is 12.6. The average molecular weight is 249 g/mol. The number of aliphatic carboxylic acids is 1. The molecule has 0 rings (SSSR count). The fourth-order valence-electron chi connectivity index (χ4n) is 1.04. The second-order valence-electron chi connectivity index (χ2n) is 4.58. The van der Waals surface area contributed by atoms with E-state index in [1.54, 1.807) is 11.8 Å². The fraction of sp³-hybridized carbons (Fsp3) is 0.909. The predicted octanol–water partition coefficient (Wildman–Crippen LogP) is 2.15. The minimum atomic E-state index is -0.762. The van der Waals surface area contributed by atoms with Crippen LogP contribution in [0.2, 0.25) is 0 Å². The molecule has 1 atom stereocenters. The summed E-state index contributed by atoms with van der Waals surface area (Å²) in [5, 5.41) is 9.00. The Morgan fingerprint density at radius 3 is 2.56 bits per heavy atom. The van der Waals surface area contributed by atoms with Crippen LogP contribution in [0, 0.1) is 5.92 Å². The van der Waals surface area contributed by atoms with Crippen LogP contribution in [0.15, 0.2) is 0 Å². The van der Waals surface area contributed by atoms with Gasteiger partial charge in [-0.2, -0.15) is 11.8 Å². The van der Waals surface area contributed by atoms with E-state index >= 15 is 0 Å². The van der Waals surface area contributed by atoms with E-state index in [2.05, 4.69) is 12.4 Å². The Labute approximate surface area is 102 Å². The first kappa shape index (κ1) is 15.7. The van der Waals surface area contributed by atoms with Gasteiger partial charge in [0.25, 0.3) is 0 Å². The Hall–Kier alpha value is -0.260. The number of hydrogen-bond acceptors (Lipinski definition) is 4. The molecule has 0 aliphatic rings. The third kappa shape index (κ3) is 9.00. The van der Waals surface area contributed by atoms with Gasteiger partial charge in [-0.3, -0.25) is 9.63 Å². The Kier molecular flexibility index (Phi) is 7.80. The van der Waals surface area contributed by atoms with Gasteiger partial charge in [0.1, 0.15) is 0 Å². The summed E-state index contributed by atoms with van der Waals surface area (Å²) < 4.78 is 0. The number of carbonyl (C=O) groups is 1. The van der Waals surface area contributed by atoms with Crippen molar-refractivity contribution in [3.63, 3.8) is 0 Å². The molecule has 0 unspecified atom stereocenters. The van der Waals surface area contributed by atoms with Gasteiger partial charge < -0.3 is 5.11 Å². The quantitative estimate of drug-likeness (QED) is 0.510. The van der Waals surface area contributed by atoms with Gasteiger partial charge in [0, 0.05) is 6.54 Å². The van der Waals surface area contributed by atoms with E-state index in [-0.39, 0.29) is 11.5 Å². The lowest BCUT2D eigenvalue weighted by Crippen LogP contribution is -2.35. The van der Waals surface area contributed by atoms with Gasteiger partial charge in [-0.15, -0.1) is 0 Å². The fourth-order valence-corrected chi connectivity index (χ4v) is 1.78. The molecule has 16 heavy (non-hydrogen) atoms. The van der Waals surface area contributed by atoms with Gasteiger partial charge in [-0.25, -0.2) is 5.48 Å². The molecule has 0 aliphatic carbocycles. The van der Waals surface area contributed by atoms with E-state index in [4.69, 9.17) is 9.94 Å². The first-order valence-electron chi connectivity index (χ1n) is 5.58. The van der Waals surface area contributed by atoms with Crippen LogP contribution in [-0.2, 0) is 9.63 Å². The molecule has 0 spiro atoms. The van der Waals surface area contributed by atoms with Gasteiger partial charge in [-0.05, 0) is 38.7 Å². The predicted molar refractivity (Wildman–Crippen MR) is 67.6 cm³/mol. The first-order chi connectivity index (χ1) is 7.37. The Morgan fingerprint density at radius 1 is 1.50 bits per heavy atom. The molecule has 0 bridgehead atoms. The molecule has 0 aliphatic heterocycles. The van der Waals surface area contributed by atoms with Crippen molar-refractivity contribution in [3.8, 4) is 0 Å². The summed E-state index contributed by atoms with van der Waals surface area (Å²) in [6, 6.07) is 0. The largest absolute Gasteiger partial charge is 0.481 e. The lowest BCUT2D eigenvalue weighted by atomic mass is 10.1. The average Bonchev–Trinajstić information content (AvgIpc) is 2.13. The molecule has 0 saturated heterocycles. The minimum Gasteiger partial charge on any atom is -0.481 e. The number of rotatable bonds is 8. The highest BCUT2D eigenvalue weighted by Gasteiger charge is 2.18. The van der Waals surface area contributed by atoms with Gasteiger partial charge in [0.15, 0.2) is 0 Å². The molecule has 0 fully saturated rings. The monoisotopic (exact) mass is 249 g/mol. The van der Waals surface area contributed by atoms with Crippen LogP contribution in [0.1, 0.15) is 34.1 Å². The molecule has 0 aromatic carbocycles. The maximum absolute atomic E-state index is 10.9. The normalized spacial score (nSPS) is 13.8. The van der Waals surface area contributed by atoms with Crippen molar-refractivity contribution in [1.82, 2.24) is 5.48 Å². The molecular formula is C11H23NO3S. The molecular weight excluding hydrogens is 226 g/mol. The molecule has 96 valence electrons. The van der Waals surface area contributed by atoms with Crippen LogP contribution in [0.3, 0.4) is 0 Å². The van der Waals surface area contributed by atoms with E-state index in [0.29, 0.717) is 13.0 Å². The van der Waals surface area contributed by atoms with Crippen molar-refractivity contribution in [1.29, 1.82) is 0 Å². The summed E-state index contributed by atoms with van der Waals surface area (Å²) >= 11 is 1.76. The summed E-state index contributed by atoms with van der Waals surface area (Å²) in [6.07, 6.45) is 0.675. The highest BCUT2D eigenvalue weighted by molar-refractivity contribution is 7.99. The number of carboxylic acids is 1. The van der Waals surface area contributed by atoms with Crippen LogP contribution < -0.4 is 5.48 Å². The summed E-state index contributed by atoms with van der Waals surface area (Å²) in [5.41, 5.74) is 2.45. The summed E-state index contributed by atoms with van der Waals surface area (Å²) in [5.74, 6) is 0.770. The highest BCUT2D eigenvalue weighted by Crippen LogP contribution is 2.10. The topological polar surface area (TPSA) is 58.6 Å². The smallest absolute Gasteiger partial charge is 0.307 e. The van der Waals surface area contributed by atoms with Crippen molar-refractivity contribution >= 4 is 17.7 Å². The summed E-state index contributed by atoms with van der Waals surface area (Å²) in [4.78, 5) is 16.2. The molecule has 0 saturated carbocycles. The van der Waals surface area contributed by atoms with Gasteiger partial charge >= 0.3 is 5.97 Å². The van der Waals surface area contributed by atoms with Gasteiger partial charge in [0.05, 0.1) is 11.5 Å².